The highest BCUT2D eigenvalue weighted by molar-refractivity contribution is 8.00. The molecule has 2 aromatic carbocycles. The maximum absolute atomic E-state index is 12.2. The summed E-state index contributed by atoms with van der Waals surface area (Å²) < 4.78 is 21.8. The number of carbonyl (C=O) groups excluding carboxylic acids is 1. The predicted octanol–water partition coefficient (Wildman–Crippen LogP) is 3.27. The Kier molecular flexibility index (Phi) is 6.70. The molecule has 27 heavy (non-hydrogen) atoms. The van der Waals surface area contributed by atoms with Crippen molar-refractivity contribution in [3.8, 4) is 23.0 Å². The Morgan fingerprint density at radius 1 is 1.04 bits per heavy atom. The van der Waals surface area contributed by atoms with Crippen molar-refractivity contribution in [2.24, 2.45) is 0 Å². The van der Waals surface area contributed by atoms with Gasteiger partial charge in [-0.05, 0) is 35.9 Å². The van der Waals surface area contributed by atoms with Gasteiger partial charge in [-0.3, -0.25) is 4.79 Å². The molecule has 1 aliphatic rings. The van der Waals surface area contributed by atoms with Crippen LogP contribution in [-0.2, 0) is 11.3 Å². The van der Waals surface area contributed by atoms with E-state index in [-0.39, 0.29) is 5.91 Å². The molecule has 3 rings (SSSR count). The van der Waals surface area contributed by atoms with Crippen LogP contribution in [0.4, 0.5) is 0 Å². The molecule has 2 aromatic rings. The highest BCUT2D eigenvalue weighted by Gasteiger charge is 2.12. The van der Waals surface area contributed by atoms with Crippen molar-refractivity contribution in [1.82, 2.24) is 5.32 Å². The number of methoxy groups -OCH3 is 2. The molecule has 6 nitrogen and oxygen atoms in total. The molecule has 7 heteroatoms. The van der Waals surface area contributed by atoms with E-state index in [9.17, 15) is 4.79 Å². The number of amides is 1. The largest absolute Gasteiger partial charge is 0.493 e. The second-order valence-corrected chi connectivity index (χ2v) is 6.96. The van der Waals surface area contributed by atoms with Gasteiger partial charge in [0, 0.05) is 17.9 Å². The first-order valence-corrected chi connectivity index (χ1v) is 9.68. The molecule has 0 saturated carbocycles. The summed E-state index contributed by atoms with van der Waals surface area (Å²) in [6.45, 7) is 1.74. The van der Waals surface area contributed by atoms with Crippen LogP contribution in [0.25, 0.3) is 0 Å². The van der Waals surface area contributed by atoms with Crippen LogP contribution >= 0.6 is 11.8 Å². The zero-order valence-electron chi connectivity index (χ0n) is 15.4. The highest BCUT2D eigenvalue weighted by Crippen LogP contribution is 2.33. The Hall–Kier alpha value is -2.54. The molecule has 144 valence electrons. The Morgan fingerprint density at radius 2 is 1.81 bits per heavy atom. The third-order valence-electron chi connectivity index (χ3n) is 4.03. The van der Waals surface area contributed by atoms with Crippen LogP contribution in [0.3, 0.4) is 0 Å². The van der Waals surface area contributed by atoms with Crippen molar-refractivity contribution < 1.29 is 23.7 Å². The molecule has 0 radical (unpaired) electrons. The van der Waals surface area contributed by atoms with Gasteiger partial charge in [0.1, 0.15) is 0 Å². The van der Waals surface area contributed by atoms with E-state index in [1.807, 2.05) is 36.4 Å². The number of thioether (sulfide) groups is 1. The summed E-state index contributed by atoms with van der Waals surface area (Å²) in [6.07, 6.45) is 0.871. The molecule has 0 atom stereocenters. The van der Waals surface area contributed by atoms with E-state index in [1.165, 1.54) is 11.8 Å². The second-order valence-electron chi connectivity index (χ2n) is 5.91. The van der Waals surface area contributed by atoms with E-state index >= 15 is 0 Å². The van der Waals surface area contributed by atoms with Gasteiger partial charge in [0.05, 0.1) is 33.2 Å². The standard InChI is InChI=1S/C20H23NO5S/c1-23-16-6-4-14(10-18(16)24-2)12-21-20(22)13-27-15-5-7-17-19(11-15)26-9-3-8-25-17/h4-7,10-11H,3,8-9,12-13H2,1-2H3,(H,21,22). The fraction of sp³-hybridized carbons (Fsp3) is 0.350. The lowest BCUT2D eigenvalue weighted by molar-refractivity contribution is -0.118. The molecule has 1 heterocycles. The number of benzene rings is 2. The number of rotatable bonds is 7. The minimum atomic E-state index is -0.0399. The minimum Gasteiger partial charge on any atom is -0.493 e. The Bertz CT molecular complexity index is 796. The normalized spacial score (nSPS) is 12.8. The molecule has 0 saturated heterocycles. The third-order valence-corrected chi connectivity index (χ3v) is 5.02. The van der Waals surface area contributed by atoms with Gasteiger partial charge in [-0.1, -0.05) is 6.07 Å². The molecule has 1 aliphatic heterocycles. The van der Waals surface area contributed by atoms with Gasteiger partial charge < -0.3 is 24.3 Å². The van der Waals surface area contributed by atoms with Crippen LogP contribution in [0.5, 0.6) is 23.0 Å². The molecule has 0 aliphatic carbocycles. The summed E-state index contributed by atoms with van der Waals surface area (Å²) in [5.74, 6) is 3.09. The second kappa shape index (κ2) is 9.41. The summed E-state index contributed by atoms with van der Waals surface area (Å²) in [5.41, 5.74) is 0.946. The molecule has 0 spiro atoms. The van der Waals surface area contributed by atoms with Gasteiger partial charge in [0.2, 0.25) is 5.91 Å². The van der Waals surface area contributed by atoms with Crippen molar-refractivity contribution in [2.75, 3.05) is 33.2 Å². The molecule has 1 amide bonds. The first-order chi connectivity index (χ1) is 13.2. The molecular formula is C20H23NO5S. The number of hydrogen-bond donors (Lipinski definition) is 1. The van der Waals surface area contributed by atoms with E-state index in [1.54, 1.807) is 14.2 Å². The number of hydrogen-bond acceptors (Lipinski definition) is 6. The summed E-state index contributed by atoms with van der Waals surface area (Å²) in [5, 5.41) is 2.92. The number of nitrogens with one attached hydrogen (secondary N) is 1. The van der Waals surface area contributed by atoms with Gasteiger partial charge in [-0.25, -0.2) is 0 Å². The van der Waals surface area contributed by atoms with Crippen molar-refractivity contribution in [2.45, 2.75) is 17.9 Å². The first kappa shape index (κ1) is 19.2. The fourth-order valence-corrected chi connectivity index (χ4v) is 3.38. The smallest absolute Gasteiger partial charge is 0.230 e. The average molecular weight is 389 g/mol. The zero-order valence-corrected chi connectivity index (χ0v) is 16.3. The molecule has 0 unspecified atom stereocenters. The monoisotopic (exact) mass is 389 g/mol. The Balaban J connectivity index is 1.51. The lowest BCUT2D eigenvalue weighted by Crippen LogP contribution is -2.24. The van der Waals surface area contributed by atoms with Crippen molar-refractivity contribution in [1.29, 1.82) is 0 Å². The van der Waals surface area contributed by atoms with Crippen molar-refractivity contribution in [3.63, 3.8) is 0 Å². The van der Waals surface area contributed by atoms with Gasteiger partial charge in [-0.2, -0.15) is 0 Å². The Labute approximate surface area is 163 Å². The highest BCUT2D eigenvalue weighted by atomic mass is 32.2. The van der Waals surface area contributed by atoms with Crippen molar-refractivity contribution >= 4 is 17.7 Å². The van der Waals surface area contributed by atoms with E-state index in [2.05, 4.69) is 5.32 Å². The third kappa shape index (κ3) is 5.23. The van der Waals surface area contributed by atoms with E-state index in [0.29, 0.717) is 37.0 Å². The van der Waals surface area contributed by atoms with E-state index in [4.69, 9.17) is 18.9 Å². The summed E-state index contributed by atoms with van der Waals surface area (Å²) in [6, 6.07) is 11.3. The molecule has 0 aromatic heterocycles. The maximum Gasteiger partial charge on any atom is 0.230 e. The molecule has 1 N–H and O–H groups in total. The molecular weight excluding hydrogens is 366 g/mol. The van der Waals surface area contributed by atoms with Crippen LogP contribution in [0, 0.1) is 0 Å². The predicted molar refractivity (Wildman–Crippen MR) is 104 cm³/mol. The number of ether oxygens (including phenoxy) is 4. The van der Waals surface area contributed by atoms with Gasteiger partial charge >= 0.3 is 0 Å². The summed E-state index contributed by atoms with van der Waals surface area (Å²) in [4.78, 5) is 13.1. The van der Waals surface area contributed by atoms with Crippen LogP contribution in [-0.4, -0.2) is 39.1 Å². The maximum atomic E-state index is 12.2. The average Bonchev–Trinajstić information content (AvgIpc) is 2.95. The summed E-state index contributed by atoms with van der Waals surface area (Å²) >= 11 is 1.46. The topological polar surface area (TPSA) is 66.0 Å². The summed E-state index contributed by atoms with van der Waals surface area (Å²) in [7, 11) is 3.18. The van der Waals surface area contributed by atoms with Gasteiger partial charge in [0.25, 0.3) is 0 Å². The minimum absolute atomic E-state index is 0.0399. The Morgan fingerprint density at radius 3 is 2.59 bits per heavy atom. The lowest BCUT2D eigenvalue weighted by atomic mass is 10.2. The fourth-order valence-electron chi connectivity index (χ4n) is 2.62. The van der Waals surface area contributed by atoms with Crippen LogP contribution in [0.15, 0.2) is 41.3 Å². The SMILES string of the molecule is COc1ccc(CNC(=O)CSc2ccc3c(c2)OCCCO3)cc1OC. The number of carbonyl (C=O) groups is 1. The number of fused-ring (bicyclic) bond motifs is 1. The van der Waals surface area contributed by atoms with Crippen LogP contribution in [0.1, 0.15) is 12.0 Å². The first-order valence-electron chi connectivity index (χ1n) is 8.69. The van der Waals surface area contributed by atoms with Crippen LogP contribution < -0.4 is 24.3 Å². The van der Waals surface area contributed by atoms with E-state index in [0.717, 1.165) is 28.4 Å². The lowest BCUT2D eigenvalue weighted by Gasteiger charge is -2.11. The van der Waals surface area contributed by atoms with Gasteiger partial charge in [-0.15, -0.1) is 11.8 Å². The van der Waals surface area contributed by atoms with E-state index < -0.39 is 0 Å². The molecule has 0 bridgehead atoms. The van der Waals surface area contributed by atoms with Crippen LogP contribution in [0.2, 0.25) is 0 Å². The van der Waals surface area contributed by atoms with Gasteiger partial charge in [0.15, 0.2) is 23.0 Å². The molecule has 0 fully saturated rings. The zero-order chi connectivity index (χ0) is 19.1. The quantitative estimate of drug-likeness (QED) is 0.733. The van der Waals surface area contributed by atoms with Crippen molar-refractivity contribution in [3.05, 3.63) is 42.0 Å².